The Morgan fingerprint density at radius 3 is 2.06 bits per heavy atom. The third-order valence-corrected chi connectivity index (χ3v) is 9.14. The molecule has 4 nitrogen and oxygen atoms in total. The molecule has 4 fully saturated rings. The summed E-state index contributed by atoms with van der Waals surface area (Å²) >= 11 is 0. The van der Waals surface area contributed by atoms with E-state index in [4.69, 9.17) is 14.5 Å². The number of ether oxygens (including phenoxy) is 1. The van der Waals surface area contributed by atoms with Gasteiger partial charge in [0.2, 0.25) is 5.82 Å². The van der Waals surface area contributed by atoms with Crippen molar-refractivity contribution < 1.29 is 27.9 Å². The van der Waals surface area contributed by atoms with Gasteiger partial charge in [-0.1, -0.05) is 24.3 Å². The number of halogens is 2. The van der Waals surface area contributed by atoms with Crippen molar-refractivity contribution in [1.82, 2.24) is 0 Å². The zero-order valence-corrected chi connectivity index (χ0v) is 20.3. The Kier molecular flexibility index (Phi) is 6.60. The van der Waals surface area contributed by atoms with Crippen molar-refractivity contribution in [2.45, 2.75) is 63.2 Å². The summed E-state index contributed by atoms with van der Waals surface area (Å²) < 4.78 is 45.8. The van der Waals surface area contributed by atoms with E-state index in [-0.39, 0.29) is 29.5 Å². The fourth-order valence-corrected chi connectivity index (χ4v) is 7.75. The summed E-state index contributed by atoms with van der Waals surface area (Å²) in [6.07, 6.45) is 9.23. The fraction of sp³-hybridized carbons (Fsp3) is 0.556. The van der Waals surface area contributed by atoms with Gasteiger partial charge in [0.05, 0.1) is 6.61 Å². The molecule has 2 aromatic rings. The lowest BCUT2D eigenvalue weighted by atomic mass is 9.48. The van der Waals surface area contributed by atoms with E-state index in [1.54, 1.807) is 6.07 Å². The van der Waals surface area contributed by atoms with E-state index in [0.717, 1.165) is 17.8 Å². The van der Waals surface area contributed by atoms with E-state index in [2.05, 4.69) is 12.1 Å². The summed E-state index contributed by atoms with van der Waals surface area (Å²) in [5.74, 6) is 0.518. The van der Waals surface area contributed by atoms with Crippen LogP contribution in [0.15, 0.2) is 36.4 Å². The summed E-state index contributed by atoms with van der Waals surface area (Å²) in [5.41, 5.74) is 2.52. The highest BCUT2D eigenvalue weighted by molar-refractivity contribution is 7.51. The van der Waals surface area contributed by atoms with Crippen LogP contribution in [-0.4, -0.2) is 22.6 Å². The van der Waals surface area contributed by atoms with Gasteiger partial charge in [-0.05, 0) is 104 Å². The normalized spacial score (nSPS) is 27.8. The van der Waals surface area contributed by atoms with Gasteiger partial charge in [0.15, 0.2) is 11.6 Å². The van der Waals surface area contributed by atoms with Crippen LogP contribution in [0.5, 0.6) is 5.75 Å². The molecule has 4 aliphatic carbocycles. The van der Waals surface area contributed by atoms with Gasteiger partial charge in [-0.2, -0.15) is 4.39 Å². The maximum Gasteiger partial charge on any atom is 0.325 e. The van der Waals surface area contributed by atoms with E-state index >= 15 is 0 Å². The molecule has 0 atom stereocenters. The Morgan fingerprint density at radius 1 is 0.853 bits per heavy atom. The van der Waals surface area contributed by atoms with Gasteiger partial charge < -0.3 is 14.5 Å². The molecule has 4 bridgehead atoms. The molecule has 0 spiro atoms. The lowest BCUT2D eigenvalue weighted by Crippen LogP contribution is -2.48. The second-order valence-electron chi connectivity index (χ2n) is 10.8. The number of benzene rings is 2. The Labute approximate surface area is 199 Å². The standard InChI is InChI=1S/C27H33F2O4P/c28-25-23(8-9-24(26(25)29)33-10-2-1-3-11-34(30,31)32)21-4-6-22(7-5-21)27-15-18-12-19(16-27)14-20(13-18)17-27/h4-9,18-20H,1-3,10-17H2,(H2,30,31,32). The van der Waals surface area contributed by atoms with Gasteiger partial charge in [0, 0.05) is 11.7 Å². The fourth-order valence-electron chi connectivity index (χ4n) is 7.11. The lowest BCUT2D eigenvalue weighted by Gasteiger charge is -2.57. The van der Waals surface area contributed by atoms with E-state index < -0.39 is 19.2 Å². The molecule has 4 aliphatic rings. The molecule has 0 aromatic heterocycles. The molecule has 0 aliphatic heterocycles. The van der Waals surface area contributed by atoms with Crippen molar-refractivity contribution in [2.24, 2.45) is 17.8 Å². The molecule has 0 radical (unpaired) electrons. The molecule has 6 rings (SSSR count). The number of hydrogen-bond donors (Lipinski definition) is 2. The van der Waals surface area contributed by atoms with Crippen LogP contribution in [0.4, 0.5) is 8.78 Å². The second kappa shape index (κ2) is 9.37. The molecule has 4 saturated carbocycles. The number of unbranched alkanes of at least 4 members (excludes halogenated alkanes) is 2. The molecular formula is C27H33F2O4P. The Balaban J connectivity index is 1.23. The van der Waals surface area contributed by atoms with Crippen molar-refractivity contribution in [1.29, 1.82) is 0 Å². The van der Waals surface area contributed by atoms with Gasteiger partial charge in [-0.3, -0.25) is 4.57 Å². The first-order valence-corrected chi connectivity index (χ1v) is 14.3. The summed E-state index contributed by atoms with van der Waals surface area (Å²) in [6.45, 7) is 0.163. The topological polar surface area (TPSA) is 66.8 Å². The summed E-state index contributed by atoms with van der Waals surface area (Å²) in [6, 6.07) is 11.1. The Hall–Kier alpha value is -1.75. The van der Waals surface area contributed by atoms with E-state index in [1.165, 1.54) is 50.2 Å². The highest BCUT2D eigenvalue weighted by Gasteiger charge is 2.51. The lowest BCUT2D eigenvalue weighted by molar-refractivity contribution is -0.00518. The Bertz CT molecular complexity index is 1040. The van der Waals surface area contributed by atoms with Crippen LogP contribution in [0.3, 0.4) is 0 Å². The van der Waals surface area contributed by atoms with Crippen LogP contribution >= 0.6 is 7.60 Å². The largest absolute Gasteiger partial charge is 0.490 e. The average molecular weight is 491 g/mol. The smallest absolute Gasteiger partial charge is 0.325 e. The maximum atomic E-state index is 14.9. The monoisotopic (exact) mass is 490 g/mol. The van der Waals surface area contributed by atoms with Crippen LogP contribution in [0.1, 0.15) is 63.4 Å². The van der Waals surface area contributed by atoms with Gasteiger partial charge >= 0.3 is 7.60 Å². The molecule has 0 saturated heterocycles. The molecule has 2 aromatic carbocycles. The first-order chi connectivity index (χ1) is 16.2. The molecule has 7 heteroatoms. The summed E-state index contributed by atoms with van der Waals surface area (Å²) in [5, 5.41) is 0. The van der Waals surface area contributed by atoms with Crippen LogP contribution < -0.4 is 4.74 Å². The second-order valence-corrected chi connectivity index (χ2v) is 12.6. The minimum Gasteiger partial charge on any atom is -0.490 e. The van der Waals surface area contributed by atoms with Crippen LogP contribution in [0.25, 0.3) is 11.1 Å². The predicted octanol–water partition coefficient (Wildman–Crippen LogP) is 6.83. The summed E-state index contributed by atoms with van der Waals surface area (Å²) in [7, 11) is -3.99. The third-order valence-electron chi connectivity index (χ3n) is 8.24. The first-order valence-electron chi connectivity index (χ1n) is 12.5. The van der Waals surface area contributed by atoms with Crippen molar-refractivity contribution in [3.8, 4) is 16.9 Å². The van der Waals surface area contributed by atoms with Gasteiger partial charge in [0.25, 0.3) is 0 Å². The molecular weight excluding hydrogens is 457 g/mol. The van der Waals surface area contributed by atoms with E-state index in [9.17, 15) is 13.3 Å². The first kappa shape index (κ1) is 24.0. The van der Waals surface area contributed by atoms with Crippen LogP contribution in [-0.2, 0) is 9.98 Å². The molecule has 0 amide bonds. The minimum atomic E-state index is -3.99. The van der Waals surface area contributed by atoms with E-state index in [1.807, 2.05) is 12.1 Å². The Morgan fingerprint density at radius 2 is 1.47 bits per heavy atom. The van der Waals surface area contributed by atoms with Gasteiger partial charge in [-0.15, -0.1) is 0 Å². The van der Waals surface area contributed by atoms with Crippen molar-refractivity contribution in [3.63, 3.8) is 0 Å². The zero-order chi connectivity index (χ0) is 23.9. The average Bonchev–Trinajstić information content (AvgIpc) is 2.77. The molecule has 0 unspecified atom stereocenters. The number of hydrogen-bond acceptors (Lipinski definition) is 2. The highest BCUT2D eigenvalue weighted by Crippen LogP contribution is 2.60. The van der Waals surface area contributed by atoms with Crippen molar-refractivity contribution in [2.75, 3.05) is 12.8 Å². The predicted molar refractivity (Wildman–Crippen MR) is 128 cm³/mol. The van der Waals surface area contributed by atoms with E-state index in [0.29, 0.717) is 24.8 Å². The minimum absolute atomic E-state index is 0.138. The maximum absolute atomic E-state index is 14.9. The zero-order valence-electron chi connectivity index (χ0n) is 19.4. The third kappa shape index (κ3) is 4.96. The van der Waals surface area contributed by atoms with Crippen LogP contribution in [0.2, 0.25) is 0 Å². The van der Waals surface area contributed by atoms with Gasteiger partial charge in [0.1, 0.15) is 0 Å². The van der Waals surface area contributed by atoms with Crippen molar-refractivity contribution >= 4 is 7.60 Å². The highest BCUT2D eigenvalue weighted by atomic mass is 31.2. The molecule has 34 heavy (non-hydrogen) atoms. The van der Waals surface area contributed by atoms with Crippen LogP contribution in [0, 0.1) is 29.4 Å². The summed E-state index contributed by atoms with van der Waals surface area (Å²) in [4.78, 5) is 17.7. The van der Waals surface area contributed by atoms with Crippen molar-refractivity contribution in [3.05, 3.63) is 53.6 Å². The molecule has 0 heterocycles. The molecule has 2 N–H and O–H groups in total. The van der Waals surface area contributed by atoms with Gasteiger partial charge in [-0.25, -0.2) is 4.39 Å². The quantitative estimate of drug-likeness (QED) is 0.299. The SMILES string of the molecule is O=P(O)(O)CCCCCOc1ccc(-c2ccc(C34CC5CC(CC(C5)C3)C4)cc2)c(F)c1F. The number of rotatable bonds is 9. The molecule has 184 valence electrons.